The van der Waals surface area contributed by atoms with Gasteiger partial charge in [-0.2, -0.15) is 0 Å². The van der Waals surface area contributed by atoms with Crippen LogP contribution in [0, 0.1) is 0 Å². The highest BCUT2D eigenvalue weighted by atomic mass is 15.3. The highest BCUT2D eigenvalue weighted by Crippen LogP contribution is 2.09. The van der Waals surface area contributed by atoms with E-state index in [1.54, 1.807) is 0 Å². The summed E-state index contributed by atoms with van der Waals surface area (Å²) in [4.78, 5) is 0. The van der Waals surface area contributed by atoms with Crippen molar-refractivity contribution in [1.82, 2.24) is 0 Å². The molecule has 0 aliphatic rings. The minimum absolute atomic E-state index is 0.630. The Labute approximate surface area is 70.6 Å². The Morgan fingerprint density at radius 2 is 1.82 bits per heavy atom. The summed E-state index contributed by atoms with van der Waals surface area (Å²) in [6, 6.07) is 0.630. The third-order valence-electron chi connectivity index (χ3n) is 2.30. The third-order valence-corrected chi connectivity index (χ3v) is 2.30. The lowest BCUT2D eigenvalue weighted by molar-refractivity contribution is -0.907. The number of hydrogen-bond donors (Lipinski definition) is 0. The molecule has 0 fully saturated rings. The molecule has 0 amide bonds. The Bertz CT molecular complexity index is 136. The van der Waals surface area contributed by atoms with Gasteiger partial charge in [-0.3, -0.25) is 0 Å². The first-order valence-electron chi connectivity index (χ1n) is 4.09. The minimum atomic E-state index is 0.630. The zero-order chi connectivity index (χ0) is 8.91. The van der Waals surface area contributed by atoms with Crippen molar-refractivity contribution in [2.45, 2.75) is 19.4 Å². The average molecular weight is 154 g/mol. The van der Waals surface area contributed by atoms with E-state index in [0.29, 0.717) is 6.04 Å². The second kappa shape index (κ2) is 4.35. The Kier molecular flexibility index (Phi) is 4.12. The minimum Gasteiger partial charge on any atom is -0.323 e. The number of quaternary nitrogens is 1. The molecule has 11 heavy (non-hydrogen) atoms. The maximum Gasteiger partial charge on any atom is 0.0969 e. The van der Waals surface area contributed by atoms with Gasteiger partial charge in [-0.25, -0.2) is 0 Å². The van der Waals surface area contributed by atoms with Gasteiger partial charge in [0.15, 0.2) is 0 Å². The van der Waals surface area contributed by atoms with E-state index in [1.807, 2.05) is 12.2 Å². The van der Waals surface area contributed by atoms with Gasteiger partial charge in [-0.15, -0.1) is 6.58 Å². The molecule has 0 spiro atoms. The normalized spacial score (nSPS) is 14.1. The van der Waals surface area contributed by atoms with Gasteiger partial charge in [0.1, 0.15) is 0 Å². The molecule has 0 saturated heterocycles. The second-order valence-corrected chi connectivity index (χ2v) is 3.62. The van der Waals surface area contributed by atoms with Gasteiger partial charge in [0, 0.05) is 6.42 Å². The standard InChI is InChI=1S/C10H20N/c1-6-8-10(3)11(4,5)9-7-2/h6-7,10H,1-2,8-9H2,3-5H3/q+1. The number of hydrogen-bond acceptors (Lipinski definition) is 0. The molecule has 64 valence electrons. The molecule has 0 heterocycles. The van der Waals surface area contributed by atoms with Crippen molar-refractivity contribution in [3.8, 4) is 0 Å². The molecule has 1 heteroatoms. The van der Waals surface area contributed by atoms with Crippen LogP contribution in [0.25, 0.3) is 0 Å². The predicted molar refractivity (Wildman–Crippen MR) is 51.4 cm³/mol. The molecular formula is C10H20N+. The smallest absolute Gasteiger partial charge is 0.0969 e. The fourth-order valence-electron chi connectivity index (χ4n) is 1.04. The Morgan fingerprint density at radius 3 is 2.18 bits per heavy atom. The van der Waals surface area contributed by atoms with Gasteiger partial charge in [-0.1, -0.05) is 12.7 Å². The zero-order valence-electron chi connectivity index (χ0n) is 8.01. The third kappa shape index (κ3) is 3.38. The van der Waals surface area contributed by atoms with Crippen molar-refractivity contribution in [2.24, 2.45) is 0 Å². The molecule has 0 radical (unpaired) electrons. The largest absolute Gasteiger partial charge is 0.323 e. The summed E-state index contributed by atoms with van der Waals surface area (Å²) in [7, 11) is 4.44. The molecule has 0 aliphatic heterocycles. The van der Waals surface area contributed by atoms with Crippen LogP contribution in [0.4, 0.5) is 0 Å². The van der Waals surface area contributed by atoms with E-state index in [1.165, 1.54) is 0 Å². The number of nitrogens with zero attached hydrogens (tertiary/aromatic N) is 1. The molecule has 0 aromatic heterocycles. The Hall–Kier alpha value is -0.560. The molecule has 0 aromatic rings. The van der Waals surface area contributed by atoms with Gasteiger partial charge >= 0.3 is 0 Å². The van der Waals surface area contributed by atoms with Crippen LogP contribution in [0.3, 0.4) is 0 Å². The van der Waals surface area contributed by atoms with Gasteiger partial charge in [0.05, 0.1) is 26.7 Å². The van der Waals surface area contributed by atoms with Crippen LogP contribution < -0.4 is 0 Å². The van der Waals surface area contributed by atoms with Crippen LogP contribution in [0.1, 0.15) is 13.3 Å². The molecule has 0 rings (SSSR count). The van der Waals surface area contributed by atoms with Crippen molar-refractivity contribution >= 4 is 0 Å². The van der Waals surface area contributed by atoms with Gasteiger partial charge < -0.3 is 4.48 Å². The van der Waals surface area contributed by atoms with Crippen LogP contribution in [0.2, 0.25) is 0 Å². The molecular weight excluding hydrogens is 134 g/mol. The van der Waals surface area contributed by atoms with E-state index in [4.69, 9.17) is 0 Å². The van der Waals surface area contributed by atoms with Crippen LogP contribution >= 0.6 is 0 Å². The van der Waals surface area contributed by atoms with Gasteiger partial charge in [0.25, 0.3) is 0 Å². The van der Waals surface area contributed by atoms with Crippen LogP contribution in [0.5, 0.6) is 0 Å². The molecule has 0 N–H and O–H groups in total. The van der Waals surface area contributed by atoms with Gasteiger partial charge in [-0.05, 0) is 13.0 Å². The van der Waals surface area contributed by atoms with Gasteiger partial charge in [0.2, 0.25) is 0 Å². The average Bonchev–Trinajstić information content (AvgIpc) is 1.88. The number of rotatable bonds is 5. The zero-order valence-corrected chi connectivity index (χ0v) is 8.01. The first-order valence-corrected chi connectivity index (χ1v) is 4.09. The first kappa shape index (κ1) is 10.4. The molecule has 1 atom stereocenters. The molecule has 1 nitrogen and oxygen atoms in total. The summed E-state index contributed by atoms with van der Waals surface area (Å²) in [5.41, 5.74) is 0. The van der Waals surface area contributed by atoms with E-state index in [0.717, 1.165) is 17.4 Å². The fourth-order valence-corrected chi connectivity index (χ4v) is 1.04. The predicted octanol–water partition coefficient (Wildman–Crippen LogP) is 2.21. The Morgan fingerprint density at radius 1 is 1.27 bits per heavy atom. The second-order valence-electron chi connectivity index (χ2n) is 3.62. The fraction of sp³-hybridized carbons (Fsp3) is 0.600. The highest BCUT2D eigenvalue weighted by Gasteiger charge is 2.20. The molecule has 0 aliphatic carbocycles. The summed E-state index contributed by atoms with van der Waals surface area (Å²) >= 11 is 0. The van der Waals surface area contributed by atoms with Crippen molar-refractivity contribution in [3.05, 3.63) is 25.3 Å². The molecule has 0 bridgehead atoms. The van der Waals surface area contributed by atoms with E-state index in [-0.39, 0.29) is 0 Å². The maximum atomic E-state index is 3.75. The summed E-state index contributed by atoms with van der Waals surface area (Å²) in [5, 5.41) is 0. The monoisotopic (exact) mass is 154 g/mol. The van der Waals surface area contributed by atoms with Crippen molar-refractivity contribution in [1.29, 1.82) is 0 Å². The van der Waals surface area contributed by atoms with E-state index in [2.05, 4.69) is 34.2 Å². The van der Waals surface area contributed by atoms with E-state index < -0.39 is 0 Å². The quantitative estimate of drug-likeness (QED) is 0.421. The highest BCUT2D eigenvalue weighted by molar-refractivity contribution is 4.73. The maximum absolute atomic E-state index is 3.75. The van der Waals surface area contributed by atoms with Crippen LogP contribution in [0.15, 0.2) is 25.3 Å². The summed E-state index contributed by atoms with van der Waals surface area (Å²) in [5.74, 6) is 0. The first-order chi connectivity index (χ1) is 5.04. The van der Waals surface area contributed by atoms with Crippen LogP contribution in [-0.4, -0.2) is 31.2 Å². The van der Waals surface area contributed by atoms with Crippen molar-refractivity contribution in [3.63, 3.8) is 0 Å². The summed E-state index contributed by atoms with van der Waals surface area (Å²) in [6.07, 6.45) is 5.02. The lowest BCUT2D eigenvalue weighted by atomic mass is 10.2. The molecule has 0 saturated carbocycles. The summed E-state index contributed by atoms with van der Waals surface area (Å²) < 4.78 is 0.996. The lowest BCUT2D eigenvalue weighted by Gasteiger charge is -2.34. The van der Waals surface area contributed by atoms with Crippen molar-refractivity contribution < 1.29 is 4.48 Å². The molecule has 0 aromatic carbocycles. The SMILES string of the molecule is C=CCC(C)[N+](C)(C)CC=C. The Balaban J connectivity index is 4.03. The lowest BCUT2D eigenvalue weighted by Crippen LogP contribution is -2.46. The van der Waals surface area contributed by atoms with E-state index in [9.17, 15) is 0 Å². The topological polar surface area (TPSA) is 0 Å². The van der Waals surface area contributed by atoms with Crippen LogP contribution in [-0.2, 0) is 0 Å². The van der Waals surface area contributed by atoms with Crippen molar-refractivity contribution in [2.75, 3.05) is 20.6 Å². The molecule has 1 unspecified atom stereocenters. The van der Waals surface area contributed by atoms with E-state index >= 15 is 0 Å². The summed E-state index contributed by atoms with van der Waals surface area (Å²) in [6.45, 7) is 10.7. The number of likely N-dealkylation sites (N-methyl/N-ethyl adjacent to an activating group) is 1.